The van der Waals surface area contributed by atoms with Gasteiger partial charge >= 0.3 is 6.01 Å². The number of hydrogen-bond donors (Lipinski definition) is 1. The second-order valence-electron chi connectivity index (χ2n) is 9.73. The number of anilines is 1. The Morgan fingerprint density at radius 2 is 1.92 bits per heavy atom. The largest absolute Gasteiger partial charge is 0.480 e. The van der Waals surface area contributed by atoms with Gasteiger partial charge in [-0.15, -0.1) is 0 Å². The Labute approximate surface area is 211 Å². The number of rotatable bonds is 8. The molecule has 0 spiro atoms. The summed E-state index contributed by atoms with van der Waals surface area (Å²) < 4.78 is 10.5. The van der Waals surface area contributed by atoms with Crippen molar-refractivity contribution in [3.8, 4) is 17.4 Å². The van der Waals surface area contributed by atoms with E-state index in [0.29, 0.717) is 42.4 Å². The third kappa shape index (κ3) is 5.81. The molecule has 1 unspecified atom stereocenters. The van der Waals surface area contributed by atoms with Crippen LogP contribution in [0.1, 0.15) is 30.4 Å². The average molecular weight is 492 g/mol. The van der Waals surface area contributed by atoms with E-state index in [1.807, 2.05) is 4.90 Å². The lowest BCUT2D eigenvalue weighted by Crippen LogP contribution is -2.42. The maximum atomic E-state index is 12.8. The highest BCUT2D eigenvalue weighted by Gasteiger charge is 2.29. The summed E-state index contributed by atoms with van der Waals surface area (Å²) in [6, 6.07) is 9.20. The van der Waals surface area contributed by atoms with Crippen LogP contribution in [-0.4, -0.2) is 70.7 Å². The van der Waals surface area contributed by atoms with Gasteiger partial charge in [0.1, 0.15) is 5.69 Å². The minimum absolute atomic E-state index is 0.0150. The number of benzene rings is 1. The Balaban J connectivity index is 1.04. The van der Waals surface area contributed by atoms with Crippen molar-refractivity contribution in [3.63, 3.8) is 0 Å². The van der Waals surface area contributed by atoms with Crippen molar-refractivity contribution in [1.82, 2.24) is 30.3 Å². The number of ether oxygens (including phenoxy) is 1. The van der Waals surface area contributed by atoms with Gasteiger partial charge in [0.15, 0.2) is 0 Å². The van der Waals surface area contributed by atoms with E-state index in [2.05, 4.69) is 61.5 Å². The van der Waals surface area contributed by atoms with Gasteiger partial charge in [0, 0.05) is 38.6 Å². The molecule has 2 fully saturated rings. The van der Waals surface area contributed by atoms with Gasteiger partial charge in [0.2, 0.25) is 17.6 Å². The van der Waals surface area contributed by atoms with Crippen LogP contribution in [0.3, 0.4) is 0 Å². The first-order valence-corrected chi connectivity index (χ1v) is 12.6. The predicted octanol–water partition coefficient (Wildman–Crippen LogP) is 2.70. The molecule has 0 radical (unpaired) electrons. The molecule has 3 aromatic rings. The molecule has 1 atom stereocenters. The van der Waals surface area contributed by atoms with E-state index < -0.39 is 0 Å². The van der Waals surface area contributed by atoms with Crippen molar-refractivity contribution in [2.75, 3.05) is 44.7 Å². The summed E-state index contributed by atoms with van der Waals surface area (Å²) in [7, 11) is 1.54. The lowest BCUT2D eigenvalue weighted by atomic mass is 9.96. The number of methoxy groups -OCH3 is 1. The second kappa shape index (κ2) is 11.0. The van der Waals surface area contributed by atoms with Crippen molar-refractivity contribution < 1.29 is 14.1 Å². The van der Waals surface area contributed by atoms with Gasteiger partial charge in [-0.05, 0) is 44.2 Å². The van der Waals surface area contributed by atoms with Crippen molar-refractivity contribution in [2.24, 2.45) is 11.8 Å². The first-order chi connectivity index (χ1) is 17.6. The van der Waals surface area contributed by atoms with Gasteiger partial charge in [-0.25, -0.2) is 9.97 Å². The summed E-state index contributed by atoms with van der Waals surface area (Å²) in [4.78, 5) is 30.2. The van der Waals surface area contributed by atoms with Crippen LogP contribution in [0.4, 0.5) is 6.01 Å². The van der Waals surface area contributed by atoms with Crippen molar-refractivity contribution in [1.29, 1.82) is 0 Å². The first-order valence-electron chi connectivity index (χ1n) is 12.6. The molecule has 2 aliphatic rings. The van der Waals surface area contributed by atoms with Crippen LogP contribution in [0.15, 0.2) is 41.2 Å². The molecular weight excluding hydrogens is 458 g/mol. The van der Waals surface area contributed by atoms with E-state index >= 15 is 0 Å². The smallest absolute Gasteiger partial charge is 0.324 e. The highest BCUT2D eigenvalue weighted by Crippen LogP contribution is 2.25. The van der Waals surface area contributed by atoms with E-state index in [0.717, 1.165) is 45.4 Å². The molecule has 2 saturated heterocycles. The number of amides is 1. The number of carbonyl (C=O) groups is 1. The van der Waals surface area contributed by atoms with Crippen molar-refractivity contribution >= 4 is 11.9 Å². The standard InChI is InChI=1S/C26H33N7O3/c1-18-3-5-19(6-4-18)16-32-10-7-20(17-32)13-29-25(34)21-8-11-33(12-9-21)26-30-24(31-36-26)22-14-28-23(35-2)15-27-22/h3-6,14-15,20-21H,7-13,16-17H2,1-2H3,(H,29,34). The summed E-state index contributed by atoms with van der Waals surface area (Å²) in [6.45, 7) is 7.35. The van der Waals surface area contributed by atoms with Gasteiger partial charge in [-0.2, -0.15) is 4.98 Å². The van der Waals surface area contributed by atoms with E-state index in [-0.39, 0.29) is 11.8 Å². The van der Waals surface area contributed by atoms with E-state index in [4.69, 9.17) is 9.26 Å². The molecule has 10 nitrogen and oxygen atoms in total. The number of carbonyl (C=O) groups excluding carboxylic acids is 1. The number of hydrogen-bond acceptors (Lipinski definition) is 9. The lowest BCUT2D eigenvalue weighted by molar-refractivity contribution is -0.125. The fourth-order valence-electron chi connectivity index (χ4n) is 4.88. The first kappa shape index (κ1) is 24.2. The Hall–Kier alpha value is -3.53. The van der Waals surface area contributed by atoms with Gasteiger partial charge < -0.3 is 19.5 Å². The van der Waals surface area contributed by atoms with Crippen LogP contribution >= 0.6 is 0 Å². The zero-order valence-electron chi connectivity index (χ0n) is 20.9. The van der Waals surface area contributed by atoms with Crippen LogP contribution in [0.25, 0.3) is 11.5 Å². The van der Waals surface area contributed by atoms with Gasteiger partial charge in [0.25, 0.3) is 0 Å². The highest BCUT2D eigenvalue weighted by molar-refractivity contribution is 5.79. The van der Waals surface area contributed by atoms with Gasteiger partial charge in [-0.3, -0.25) is 9.69 Å². The molecule has 36 heavy (non-hydrogen) atoms. The van der Waals surface area contributed by atoms with E-state index in [1.54, 1.807) is 6.20 Å². The fraction of sp³-hybridized carbons (Fsp3) is 0.500. The van der Waals surface area contributed by atoms with E-state index in [1.165, 1.54) is 24.4 Å². The van der Waals surface area contributed by atoms with Crippen molar-refractivity contribution in [3.05, 3.63) is 47.8 Å². The van der Waals surface area contributed by atoms with E-state index in [9.17, 15) is 4.79 Å². The Morgan fingerprint density at radius 3 is 2.64 bits per heavy atom. The molecule has 2 aromatic heterocycles. The predicted molar refractivity (Wildman–Crippen MR) is 134 cm³/mol. The molecule has 1 N–H and O–H groups in total. The minimum Gasteiger partial charge on any atom is -0.480 e. The molecule has 0 saturated carbocycles. The lowest BCUT2D eigenvalue weighted by Gasteiger charge is -2.30. The molecule has 1 amide bonds. The molecule has 0 aliphatic carbocycles. The summed E-state index contributed by atoms with van der Waals surface area (Å²) in [6.07, 6.45) is 5.72. The molecule has 4 heterocycles. The van der Waals surface area contributed by atoms with Crippen LogP contribution < -0.4 is 15.0 Å². The Morgan fingerprint density at radius 1 is 1.11 bits per heavy atom. The topological polar surface area (TPSA) is 110 Å². The molecule has 1 aromatic carbocycles. The number of likely N-dealkylation sites (tertiary alicyclic amines) is 1. The second-order valence-corrected chi connectivity index (χ2v) is 9.73. The zero-order valence-corrected chi connectivity index (χ0v) is 20.9. The monoisotopic (exact) mass is 491 g/mol. The third-order valence-electron chi connectivity index (χ3n) is 7.08. The fourth-order valence-corrected chi connectivity index (χ4v) is 4.88. The molecule has 2 aliphatic heterocycles. The molecule has 10 heteroatoms. The molecule has 0 bridgehead atoms. The highest BCUT2D eigenvalue weighted by atomic mass is 16.5. The van der Waals surface area contributed by atoms with Crippen LogP contribution in [0, 0.1) is 18.8 Å². The van der Waals surface area contributed by atoms with Crippen LogP contribution in [0.2, 0.25) is 0 Å². The summed E-state index contributed by atoms with van der Waals surface area (Å²) in [5.41, 5.74) is 3.16. The van der Waals surface area contributed by atoms with Crippen LogP contribution in [-0.2, 0) is 11.3 Å². The van der Waals surface area contributed by atoms with Crippen LogP contribution in [0.5, 0.6) is 5.88 Å². The summed E-state index contributed by atoms with van der Waals surface area (Å²) in [5.74, 6) is 1.49. The minimum atomic E-state index is 0.0150. The number of aryl methyl sites for hydroxylation is 1. The Bertz CT molecular complexity index is 1140. The number of nitrogens with one attached hydrogen (secondary N) is 1. The number of aromatic nitrogens is 4. The van der Waals surface area contributed by atoms with Crippen molar-refractivity contribution in [2.45, 2.75) is 32.7 Å². The maximum absolute atomic E-state index is 12.8. The normalized spacial score (nSPS) is 18.9. The molecule has 5 rings (SSSR count). The number of nitrogens with zero attached hydrogens (tertiary/aromatic N) is 6. The third-order valence-corrected chi connectivity index (χ3v) is 7.08. The van der Waals surface area contributed by atoms with Gasteiger partial charge in [-0.1, -0.05) is 35.0 Å². The molecular formula is C26H33N7O3. The van der Waals surface area contributed by atoms with Gasteiger partial charge in [0.05, 0.1) is 19.5 Å². The Kier molecular flexibility index (Phi) is 7.41. The zero-order chi connectivity index (χ0) is 24.9. The SMILES string of the molecule is COc1cnc(-c2noc(N3CCC(C(=O)NCC4CCN(Cc5ccc(C)cc5)C4)CC3)n2)cn1. The average Bonchev–Trinajstić information content (AvgIpc) is 3.59. The summed E-state index contributed by atoms with van der Waals surface area (Å²) in [5, 5.41) is 7.24. The quantitative estimate of drug-likeness (QED) is 0.509. The number of piperidine rings is 1. The maximum Gasteiger partial charge on any atom is 0.324 e. The summed E-state index contributed by atoms with van der Waals surface area (Å²) >= 11 is 0. The molecule has 190 valence electrons.